The SMILES string of the molecule is C[C@@H]1CCCN1C(C(=O)Nc1ccc2[nH]nc(-c3ccc(N4CCOCC4)cc3)c2c1)c1ccsc1. The molecule has 2 aromatic heterocycles. The zero-order valence-corrected chi connectivity index (χ0v) is 21.3. The molecule has 2 aromatic carbocycles. The molecule has 7 nitrogen and oxygen atoms in total. The molecule has 186 valence electrons. The van der Waals surface area contributed by atoms with Crippen molar-refractivity contribution in [1.82, 2.24) is 15.1 Å². The Morgan fingerprint density at radius 2 is 1.97 bits per heavy atom. The molecule has 36 heavy (non-hydrogen) atoms. The fraction of sp³-hybridized carbons (Fsp3) is 0.357. The first-order valence-electron chi connectivity index (χ1n) is 12.7. The summed E-state index contributed by atoms with van der Waals surface area (Å²) in [7, 11) is 0. The molecule has 1 unspecified atom stereocenters. The van der Waals surface area contributed by atoms with Crippen LogP contribution >= 0.6 is 11.3 Å². The van der Waals surface area contributed by atoms with E-state index < -0.39 is 0 Å². The highest BCUT2D eigenvalue weighted by Crippen LogP contribution is 2.33. The summed E-state index contributed by atoms with van der Waals surface area (Å²) in [6.45, 7) is 6.52. The van der Waals surface area contributed by atoms with Crippen LogP contribution in [0.1, 0.15) is 31.4 Å². The minimum atomic E-state index is -0.277. The molecule has 2 atom stereocenters. The highest BCUT2D eigenvalue weighted by Gasteiger charge is 2.34. The first kappa shape index (κ1) is 23.2. The van der Waals surface area contributed by atoms with Crippen LogP contribution in [-0.2, 0) is 9.53 Å². The number of fused-ring (bicyclic) bond motifs is 1. The van der Waals surface area contributed by atoms with Gasteiger partial charge in [-0.2, -0.15) is 16.4 Å². The standard InChI is InChI=1S/C28H31N5O2S/c1-19-3-2-11-33(19)27(21-10-16-36-18-21)28(34)29-22-6-9-25-24(17-22)26(31-30-25)20-4-7-23(8-5-20)32-12-14-35-15-13-32/h4-10,16-19,27H,2-3,11-15H2,1H3,(H,29,34)(H,30,31)/t19-,27?/m1/s1. The van der Waals surface area contributed by atoms with E-state index in [4.69, 9.17) is 4.74 Å². The number of likely N-dealkylation sites (tertiary alicyclic amines) is 1. The summed E-state index contributed by atoms with van der Waals surface area (Å²) in [4.78, 5) is 18.2. The third-order valence-electron chi connectivity index (χ3n) is 7.39. The van der Waals surface area contributed by atoms with Gasteiger partial charge in [0, 0.05) is 41.5 Å². The van der Waals surface area contributed by atoms with Gasteiger partial charge in [-0.05, 0) is 79.0 Å². The van der Waals surface area contributed by atoms with Crippen molar-refractivity contribution in [2.75, 3.05) is 43.1 Å². The lowest BCUT2D eigenvalue weighted by atomic mass is 10.1. The van der Waals surface area contributed by atoms with Crippen LogP contribution in [0.2, 0.25) is 0 Å². The number of H-pyrrole nitrogens is 1. The van der Waals surface area contributed by atoms with Crippen molar-refractivity contribution in [3.8, 4) is 11.3 Å². The number of thiophene rings is 1. The number of aromatic amines is 1. The van der Waals surface area contributed by atoms with Crippen molar-refractivity contribution >= 4 is 39.5 Å². The maximum absolute atomic E-state index is 13.6. The van der Waals surface area contributed by atoms with Gasteiger partial charge >= 0.3 is 0 Å². The first-order valence-corrected chi connectivity index (χ1v) is 13.6. The maximum Gasteiger partial charge on any atom is 0.246 e. The second-order valence-electron chi connectivity index (χ2n) is 9.66. The number of hydrogen-bond donors (Lipinski definition) is 2. The smallest absolute Gasteiger partial charge is 0.246 e. The van der Waals surface area contributed by atoms with E-state index in [2.05, 4.69) is 67.9 Å². The highest BCUT2D eigenvalue weighted by molar-refractivity contribution is 7.08. The van der Waals surface area contributed by atoms with Gasteiger partial charge in [0.1, 0.15) is 6.04 Å². The average molecular weight is 502 g/mol. The van der Waals surface area contributed by atoms with E-state index in [1.165, 1.54) is 5.69 Å². The van der Waals surface area contributed by atoms with Crippen molar-refractivity contribution in [2.24, 2.45) is 0 Å². The Balaban J connectivity index is 1.25. The lowest BCUT2D eigenvalue weighted by Crippen LogP contribution is -2.39. The lowest BCUT2D eigenvalue weighted by molar-refractivity contribution is -0.121. The molecule has 0 bridgehead atoms. The summed E-state index contributed by atoms with van der Waals surface area (Å²) in [5, 5.41) is 16.1. The van der Waals surface area contributed by atoms with Crippen LogP contribution in [0.25, 0.3) is 22.2 Å². The molecule has 4 heterocycles. The second kappa shape index (κ2) is 10.0. The minimum Gasteiger partial charge on any atom is -0.378 e. The maximum atomic E-state index is 13.6. The van der Waals surface area contributed by atoms with Gasteiger partial charge in [0.05, 0.1) is 24.4 Å². The normalized spacial score (nSPS) is 19.6. The number of nitrogens with zero attached hydrogens (tertiary/aromatic N) is 3. The van der Waals surface area contributed by atoms with Gasteiger partial charge in [0.25, 0.3) is 0 Å². The molecule has 6 rings (SSSR count). The van der Waals surface area contributed by atoms with Crippen LogP contribution in [0.15, 0.2) is 59.3 Å². The zero-order valence-electron chi connectivity index (χ0n) is 20.4. The third-order valence-corrected chi connectivity index (χ3v) is 8.09. The number of amides is 1. The Bertz CT molecular complexity index is 1330. The van der Waals surface area contributed by atoms with Gasteiger partial charge in [-0.25, -0.2) is 0 Å². The van der Waals surface area contributed by atoms with Gasteiger partial charge in [-0.15, -0.1) is 0 Å². The van der Waals surface area contributed by atoms with Crippen LogP contribution in [-0.4, -0.2) is 59.9 Å². The highest BCUT2D eigenvalue weighted by atomic mass is 32.1. The Kier molecular flexibility index (Phi) is 6.48. The molecule has 0 saturated carbocycles. The summed E-state index contributed by atoms with van der Waals surface area (Å²) in [6.07, 6.45) is 2.26. The topological polar surface area (TPSA) is 73.5 Å². The summed E-state index contributed by atoms with van der Waals surface area (Å²) in [5.41, 5.74) is 5.93. The van der Waals surface area contributed by atoms with E-state index in [1.54, 1.807) is 11.3 Å². The quantitative estimate of drug-likeness (QED) is 0.376. The van der Waals surface area contributed by atoms with Crippen LogP contribution < -0.4 is 10.2 Å². The van der Waals surface area contributed by atoms with Gasteiger partial charge in [-0.3, -0.25) is 14.8 Å². The number of benzene rings is 2. The average Bonchev–Trinajstić information content (AvgIpc) is 3.67. The first-order chi connectivity index (χ1) is 17.7. The molecule has 2 aliphatic heterocycles. The van der Waals surface area contributed by atoms with Gasteiger partial charge in [-0.1, -0.05) is 12.1 Å². The monoisotopic (exact) mass is 501 g/mol. The van der Waals surface area contributed by atoms with E-state index in [0.717, 1.165) is 79.1 Å². The van der Waals surface area contributed by atoms with Gasteiger partial charge in [0.2, 0.25) is 5.91 Å². The van der Waals surface area contributed by atoms with Crippen molar-refractivity contribution in [2.45, 2.75) is 31.8 Å². The third kappa shape index (κ3) is 4.52. The number of hydrogen-bond acceptors (Lipinski definition) is 6. The Morgan fingerprint density at radius 1 is 1.14 bits per heavy atom. The van der Waals surface area contributed by atoms with Crippen LogP contribution in [0, 0.1) is 0 Å². The minimum absolute atomic E-state index is 0.0152. The Hall–Kier alpha value is -3.20. The van der Waals surface area contributed by atoms with E-state index in [1.807, 2.05) is 23.6 Å². The molecule has 0 aliphatic carbocycles. The number of ether oxygens (including phenoxy) is 1. The Labute approximate surface area is 215 Å². The number of carbonyl (C=O) groups excluding carboxylic acids is 1. The van der Waals surface area contributed by atoms with Crippen LogP contribution in [0.5, 0.6) is 0 Å². The van der Waals surface area contributed by atoms with Gasteiger partial charge < -0.3 is 15.0 Å². The van der Waals surface area contributed by atoms with Crippen LogP contribution in [0.4, 0.5) is 11.4 Å². The number of nitrogens with one attached hydrogen (secondary N) is 2. The van der Waals surface area contributed by atoms with Crippen molar-refractivity contribution < 1.29 is 9.53 Å². The van der Waals surface area contributed by atoms with Crippen molar-refractivity contribution in [1.29, 1.82) is 0 Å². The summed E-state index contributed by atoms with van der Waals surface area (Å²) < 4.78 is 5.47. The number of anilines is 2. The fourth-order valence-corrected chi connectivity index (χ4v) is 6.12. The predicted octanol–water partition coefficient (Wildman–Crippen LogP) is 5.29. The molecule has 0 spiro atoms. The molecule has 0 radical (unpaired) electrons. The number of rotatable bonds is 6. The number of morpholine rings is 1. The van der Waals surface area contributed by atoms with E-state index in [-0.39, 0.29) is 11.9 Å². The van der Waals surface area contributed by atoms with Crippen LogP contribution in [0.3, 0.4) is 0 Å². The molecule has 2 N–H and O–H groups in total. The molecule has 8 heteroatoms. The van der Waals surface area contributed by atoms with E-state index >= 15 is 0 Å². The Morgan fingerprint density at radius 3 is 2.69 bits per heavy atom. The molecular weight excluding hydrogens is 470 g/mol. The van der Waals surface area contributed by atoms with E-state index in [9.17, 15) is 4.79 Å². The second-order valence-corrected chi connectivity index (χ2v) is 10.4. The summed E-state index contributed by atoms with van der Waals surface area (Å²) in [6, 6.07) is 16.7. The van der Waals surface area contributed by atoms with Gasteiger partial charge in [0.15, 0.2) is 0 Å². The summed E-state index contributed by atoms with van der Waals surface area (Å²) in [5.74, 6) is 0.0152. The number of aromatic nitrogens is 2. The molecular formula is C28H31N5O2S. The number of carbonyl (C=O) groups is 1. The molecule has 2 saturated heterocycles. The van der Waals surface area contributed by atoms with Crippen molar-refractivity contribution in [3.63, 3.8) is 0 Å². The largest absolute Gasteiger partial charge is 0.378 e. The molecule has 2 aliphatic rings. The predicted molar refractivity (Wildman–Crippen MR) is 146 cm³/mol. The van der Waals surface area contributed by atoms with Crippen molar-refractivity contribution in [3.05, 3.63) is 64.9 Å². The summed E-state index contributed by atoms with van der Waals surface area (Å²) >= 11 is 1.64. The fourth-order valence-electron chi connectivity index (χ4n) is 5.44. The zero-order chi connectivity index (χ0) is 24.5. The molecule has 1 amide bonds. The van der Waals surface area contributed by atoms with E-state index in [0.29, 0.717) is 6.04 Å². The molecule has 4 aromatic rings. The lowest BCUT2D eigenvalue weighted by Gasteiger charge is -2.30. The molecule has 2 fully saturated rings.